The van der Waals surface area contributed by atoms with Gasteiger partial charge in [-0.3, -0.25) is 19.4 Å². The molecule has 27 heavy (non-hydrogen) atoms. The monoisotopic (exact) mass is 366 g/mol. The molecule has 4 rings (SSSR count). The fourth-order valence-electron chi connectivity index (χ4n) is 3.57. The van der Waals surface area contributed by atoms with Crippen LogP contribution in [0.25, 0.3) is 0 Å². The van der Waals surface area contributed by atoms with Crippen LogP contribution in [-0.2, 0) is 11.3 Å². The van der Waals surface area contributed by atoms with Crippen molar-refractivity contribution < 1.29 is 14.0 Å². The molecule has 0 radical (unpaired) electrons. The molecule has 1 heterocycles. The van der Waals surface area contributed by atoms with E-state index in [0.717, 1.165) is 25.5 Å². The van der Waals surface area contributed by atoms with Gasteiger partial charge in [0.25, 0.3) is 5.78 Å². The predicted octanol–water partition coefficient (Wildman–Crippen LogP) is 4.10. The topological polar surface area (TPSA) is 40.6 Å². The number of carbonyl (C=O) groups is 2. The summed E-state index contributed by atoms with van der Waals surface area (Å²) in [4.78, 5) is 28.4. The van der Waals surface area contributed by atoms with Gasteiger partial charge >= 0.3 is 5.91 Å². The molecule has 0 spiro atoms. The number of carbonyl (C=O) groups excluding carboxylic acids is 2. The lowest BCUT2D eigenvalue weighted by Crippen LogP contribution is -2.41. The minimum atomic E-state index is -0.624. The zero-order chi connectivity index (χ0) is 19.1. The first-order valence-electron chi connectivity index (χ1n) is 9.42. The van der Waals surface area contributed by atoms with E-state index in [1.165, 1.54) is 28.2 Å². The SMILES string of the molecule is CC(C)c1ccc(CN(CN2C(=O)C(=O)c3cc(F)ccc32)C2CC2)cc1. The molecule has 0 unspecified atom stereocenters. The second-order valence-corrected chi connectivity index (χ2v) is 7.74. The van der Waals surface area contributed by atoms with Gasteiger partial charge in [-0.1, -0.05) is 38.1 Å². The molecule has 1 saturated carbocycles. The number of anilines is 1. The number of nitrogens with zero attached hydrogens (tertiary/aromatic N) is 2. The first-order valence-corrected chi connectivity index (χ1v) is 9.42. The van der Waals surface area contributed by atoms with E-state index in [2.05, 4.69) is 43.0 Å². The maximum absolute atomic E-state index is 13.5. The van der Waals surface area contributed by atoms with Crippen LogP contribution in [-0.4, -0.2) is 29.3 Å². The molecule has 0 saturated heterocycles. The molecule has 2 aliphatic rings. The molecule has 0 atom stereocenters. The Morgan fingerprint density at radius 1 is 1.11 bits per heavy atom. The standard InChI is InChI=1S/C22H23FN2O2/c1-14(2)16-5-3-15(4-6-16)12-24(18-8-9-18)13-25-20-10-7-17(23)11-19(20)21(26)22(25)27/h3-7,10-11,14,18H,8-9,12-13H2,1-2H3. The van der Waals surface area contributed by atoms with Gasteiger partial charge in [-0.25, -0.2) is 4.39 Å². The van der Waals surface area contributed by atoms with Crippen LogP contribution in [0.4, 0.5) is 10.1 Å². The van der Waals surface area contributed by atoms with Crippen molar-refractivity contribution in [3.8, 4) is 0 Å². The van der Waals surface area contributed by atoms with Gasteiger partial charge in [0, 0.05) is 12.6 Å². The third-order valence-corrected chi connectivity index (χ3v) is 5.35. The Labute approximate surface area is 158 Å². The van der Waals surface area contributed by atoms with Crippen molar-refractivity contribution in [1.82, 2.24) is 4.90 Å². The zero-order valence-corrected chi connectivity index (χ0v) is 15.6. The van der Waals surface area contributed by atoms with Crippen molar-refractivity contribution in [2.24, 2.45) is 0 Å². The number of rotatable bonds is 6. The van der Waals surface area contributed by atoms with E-state index >= 15 is 0 Å². The van der Waals surface area contributed by atoms with Gasteiger partial charge in [0.05, 0.1) is 17.9 Å². The molecular formula is C22H23FN2O2. The van der Waals surface area contributed by atoms with Crippen molar-refractivity contribution >= 4 is 17.4 Å². The average Bonchev–Trinajstić information content (AvgIpc) is 3.46. The number of fused-ring (bicyclic) bond motifs is 1. The van der Waals surface area contributed by atoms with Crippen LogP contribution in [0.2, 0.25) is 0 Å². The smallest absolute Gasteiger partial charge is 0.291 e. The van der Waals surface area contributed by atoms with Gasteiger partial charge in [0.1, 0.15) is 5.82 Å². The Hall–Kier alpha value is -2.53. The van der Waals surface area contributed by atoms with Gasteiger partial charge in [0.2, 0.25) is 0 Å². The number of amides is 1. The first kappa shape index (κ1) is 17.9. The van der Waals surface area contributed by atoms with E-state index in [1.807, 2.05) is 0 Å². The van der Waals surface area contributed by atoms with Gasteiger partial charge < -0.3 is 0 Å². The molecule has 1 amide bonds. The highest BCUT2D eigenvalue weighted by molar-refractivity contribution is 6.52. The van der Waals surface area contributed by atoms with Crippen LogP contribution < -0.4 is 4.90 Å². The summed E-state index contributed by atoms with van der Waals surface area (Å²) in [6.07, 6.45) is 2.19. The Bertz CT molecular complexity index is 888. The number of hydrogen-bond acceptors (Lipinski definition) is 3. The number of halogens is 1. The molecule has 0 aromatic heterocycles. The fraction of sp³-hybridized carbons (Fsp3) is 0.364. The third kappa shape index (κ3) is 3.52. The quantitative estimate of drug-likeness (QED) is 0.723. The Kier molecular flexibility index (Phi) is 4.56. The van der Waals surface area contributed by atoms with Crippen LogP contribution in [0.1, 0.15) is 54.1 Å². The van der Waals surface area contributed by atoms with Crippen LogP contribution in [0.3, 0.4) is 0 Å². The predicted molar refractivity (Wildman–Crippen MR) is 102 cm³/mol. The van der Waals surface area contributed by atoms with E-state index in [0.29, 0.717) is 24.3 Å². The Balaban J connectivity index is 1.54. The number of ketones is 1. The van der Waals surface area contributed by atoms with Crippen molar-refractivity contribution in [1.29, 1.82) is 0 Å². The summed E-state index contributed by atoms with van der Waals surface area (Å²) in [6, 6.07) is 12.9. The van der Waals surface area contributed by atoms with E-state index in [1.54, 1.807) is 0 Å². The van der Waals surface area contributed by atoms with Crippen molar-refractivity contribution in [3.05, 3.63) is 65.0 Å². The lowest BCUT2D eigenvalue weighted by Gasteiger charge is -2.28. The molecule has 0 N–H and O–H groups in total. The molecule has 2 aromatic carbocycles. The molecule has 5 heteroatoms. The zero-order valence-electron chi connectivity index (χ0n) is 15.6. The van der Waals surface area contributed by atoms with Crippen molar-refractivity contribution in [2.75, 3.05) is 11.6 Å². The van der Waals surface area contributed by atoms with Gasteiger partial charge in [-0.2, -0.15) is 0 Å². The van der Waals surface area contributed by atoms with E-state index in [4.69, 9.17) is 0 Å². The van der Waals surface area contributed by atoms with E-state index in [-0.39, 0.29) is 5.56 Å². The second kappa shape index (κ2) is 6.89. The molecule has 140 valence electrons. The lowest BCUT2D eigenvalue weighted by atomic mass is 10.0. The maximum atomic E-state index is 13.5. The summed E-state index contributed by atoms with van der Waals surface area (Å²) in [5.74, 6) is -1.21. The van der Waals surface area contributed by atoms with Gasteiger partial charge in [-0.15, -0.1) is 0 Å². The van der Waals surface area contributed by atoms with Crippen LogP contribution in [0.15, 0.2) is 42.5 Å². The second-order valence-electron chi connectivity index (χ2n) is 7.74. The van der Waals surface area contributed by atoms with Crippen LogP contribution in [0, 0.1) is 5.82 Å². The normalized spacial score (nSPS) is 16.6. The van der Waals surface area contributed by atoms with Crippen LogP contribution >= 0.6 is 0 Å². The fourth-order valence-corrected chi connectivity index (χ4v) is 3.57. The summed E-state index contributed by atoms with van der Waals surface area (Å²) < 4.78 is 13.5. The Morgan fingerprint density at radius 2 is 1.81 bits per heavy atom. The van der Waals surface area contributed by atoms with Crippen LogP contribution in [0.5, 0.6) is 0 Å². The summed E-state index contributed by atoms with van der Waals surface area (Å²) >= 11 is 0. The Morgan fingerprint density at radius 3 is 2.44 bits per heavy atom. The van der Waals surface area contributed by atoms with E-state index in [9.17, 15) is 14.0 Å². The van der Waals surface area contributed by atoms with Gasteiger partial charge in [-0.05, 0) is 48.1 Å². The first-order chi connectivity index (χ1) is 12.9. The van der Waals surface area contributed by atoms with Gasteiger partial charge in [0.15, 0.2) is 0 Å². The molecule has 0 bridgehead atoms. The summed E-state index contributed by atoms with van der Waals surface area (Å²) in [6.45, 7) is 5.40. The molecular weight excluding hydrogens is 343 g/mol. The van der Waals surface area contributed by atoms with Crippen molar-refractivity contribution in [3.63, 3.8) is 0 Å². The summed E-state index contributed by atoms with van der Waals surface area (Å²) in [5, 5.41) is 0. The highest BCUT2D eigenvalue weighted by Gasteiger charge is 2.39. The minimum absolute atomic E-state index is 0.164. The van der Waals surface area contributed by atoms with Crippen molar-refractivity contribution in [2.45, 2.75) is 45.2 Å². The number of hydrogen-bond donors (Lipinski definition) is 0. The average molecular weight is 366 g/mol. The largest absolute Gasteiger partial charge is 0.300 e. The molecule has 1 aliphatic heterocycles. The maximum Gasteiger partial charge on any atom is 0.300 e. The summed E-state index contributed by atoms with van der Waals surface area (Å²) in [7, 11) is 0. The third-order valence-electron chi connectivity index (χ3n) is 5.35. The highest BCUT2D eigenvalue weighted by atomic mass is 19.1. The highest BCUT2D eigenvalue weighted by Crippen LogP contribution is 2.33. The number of benzene rings is 2. The van der Waals surface area contributed by atoms with E-state index < -0.39 is 17.5 Å². The summed E-state index contributed by atoms with van der Waals surface area (Å²) in [5.41, 5.74) is 3.15. The molecule has 1 fully saturated rings. The minimum Gasteiger partial charge on any atom is -0.291 e. The molecule has 1 aliphatic carbocycles. The number of Topliss-reactive ketones (excluding diaryl/α,β-unsaturated/α-hetero) is 1. The molecule has 2 aromatic rings. The lowest BCUT2D eigenvalue weighted by molar-refractivity contribution is -0.114. The molecule has 4 nitrogen and oxygen atoms in total.